The van der Waals surface area contributed by atoms with Crippen LogP contribution in [-0.2, 0) is 33.0 Å². The standard InChI is InChI=1S/C33H29F2N3O5S.C25H22FN3O6S.C7H8FN/c1-19-5-15-26(37-31(19)28(39)16-8-20-6-11-22(34)12-7-20)24-17-25-29(18-27(24)38(3)44(4,41)42)43-32(30(25)33(40)36-2)21-9-13-23(35)14-10-21;1-13-5-10-18(28-22(13)25(31)32)16-11-17-20(12-19(16)29(3)36(4,33)34)35-23(21(17)24(30)27-2)14-6-8-15(26)9-7-14;8-7-3-1-6(5-9)2-4-7/h5-7,9-15,17-18H,8,16H2,1-4H3,(H,36,40);5-12H,1-4H3,(H,27,30)(H,31,32);1-4H,5,9H2. The summed E-state index contributed by atoms with van der Waals surface area (Å²) >= 11 is 0. The maximum atomic E-state index is 13.7. The summed E-state index contributed by atoms with van der Waals surface area (Å²) in [5.74, 6) is -3.57. The fraction of sp³-hybridized carbons (Fsp3) is 0.169. The first kappa shape index (κ1) is 64.9. The third-order valence-corrected chi connectivity index (χ3v) is 16.7. The number of aryl methyl sites for hydroxylation is 3. The smallest absolute Gasteiger partial charge is 0.354 e. The summed E-state index contributed by atoms with van der Waals surface area (Å²) in [5, 5.41) is 15.4. The molecule has 2 amide bonds. The zero-order valence-electron chi connectivity index (χ0n) is 49.2. The Kier molecular flexibility index (Phi) is 19.6. The molecule has 24 heteroatoms. The number of nitrogens with one attached hydrogen (secondary N) is 2. The van der Waals surface area contributed by atoms with E-state index in [0.717, 1.165) is 32.2 Å². The van der Waals surface area contributed by atoms with E-state index in [-0.39, 0.29) is 91.7 Å². The number of rotatable bonds is 16. The first-order valence-corrected chi connectivity index (χ1v) is 30.8. The minimum absolute atomic E-state index is 0.127. The Labute approximate surface area is 509 Å². The molecule has 5 N–H and O–H groups in total. The van der Waals surface area contributed by atoms with Crippen LogP contribution in [0.15, 0.2) is 154 Å². The molecule has 10 aromatic rings. The molecule has 0 unspecified atom stereocenters. The zero-order valence-corrected chi connectivity index (χ0v) is 50.8. The van der Waals surface area contributed by atoms with Crippen LogP contribution in [0.3, 0.4) is 0 Å². The maximum absolute atomic E-state index is 13.7. The number of benzene rings is 6. The van der Waals surface area contributed by atoms with Crippen molar-refractivity contribution in [1.82, 2.24) is 20.6 Å². The fourth-order valence-corrected chi connectivity index (χ4v) is 10.4. The largest absolute Gasteiger partial charge is 0.477 e. The molecular weight excluding hydrogens is 1190 g/mol. The molecule has 4 heterocycles. The van der Waals surface area contributed by atoms with Crippen LogP contribution >= 0.6 is 0 Å². The number of sulfonamides is 2. The molecule has 0 bridgehead atoms. The van der Waals surface area contributed by atoms with Gasteiger partial charge in [0, 0.05) is 86.3 Å². The Bertz CT molecular complexity index is 4580. The number of anilines is 2. The van der Waals surface area contributed by atoms with Gasteiger partial charge >= 0.3 is 5.97 Å². The second-order valence-corrected chi connectivity index (χ2v) is 24.4. The highest BCUT2D eigenvalue weighted by molar-refractivity contribution is 7.92. The summed E-state index contributed by atoms with van der Waals surface area (Å²) in [7, 11) is -1.87. The van der Waals surface area contributed by atoms with E-state index in [1.807, 2.05) is 0 Å². The number of fused-ring (bicyclic) bond motifs is 2. The Morgan fingerprint density at radius 2 is 0.899 bits per heavy atom. The topological polar surface area (TPSA) is 265 Å². The second kappa shape index (κ2) is 26.9. The van der Waals surface area contributed by atoms with E-state index in [4.69, 9.17) is 14.6 Å². The van der Waals surface area contributed by atoms with Crippen molar-refractivity contribution in [1.29, 1.82) is 0 Å². The maximum Gasteiger partial charge on any atom is 0.354 e. The number of furan rings is 2. The average Bonchev–Trinajstić information content (AvgIpc) is 1.67. The first-order valence-electron chi connectivity index (χ1n) is 27.1. The number of hydrogen-bond acceptors (Lipinski definition) is 13. The Morgan fingerprint density at radius 3 is 1.26 bits per heavy atom. The number of aromatic nitrogens is 2. The van der Waals surface area contributed by atoms with Crippen molar-refractivity contribution in [3.05, 3.63) is 214 Å². The summed E-state index contributed by atoms with van der Waals surface area (Å²) in [5.41, 5.74) is 11.2. The molecule has 0 saturated carbocycles. The molecule has 6 aromatic carbocycles. The first-order chi connectivity index (χ1) is 42.1. The molecular formula is C65H59F4N7O11S2. The van der Waals surface area contributed by atoms with Crippen molar-refractivity contribution in [3.8, 4) is 45.2 Å². The SMILES string of the molecule is CNC(=O)c1c(-c2ccc(F)cc2)oc2cc(N(C)S(C)(=O)=O)c(-c3ccc(C)c(C(=O)CCc4ccc(F)cc4)n3)cc12.CNC(=O)c1c(-c2ccc(F)cc2)oc2cc(N(C)S(C)(=O)=O)c(-c3ccc(C)c(C(=O)O)n3)cc12.NCc1ccc(F)cc1. The number of hydrogen-bond donors (Lipinski definition) is 4. The van der Waals surface area contributed by atoms with Gasteiger partial charge < -0.3 is 30.3 Å². The lowest BCUT2D eigenvalue weighted by molar-refractivity contribution is 0.0688. The molecule has 0 aliphatic rings. The number of ketones is 1. The Morgan fingerprint density at radius 1 is 0.539 bits per heavy atom. The van der Waals surface area contributed by atoms with Gasteiger partial charge in [-0.05, 0) is 140 Å². The predicted octanol–water partition coefficient (Wildman–Crippen LogP) is 11.7. The summed E-state index contributed by atoms with van der Waals surface area (Å²) in [6.07, 6.45) is 2.58. The van der Waals surface area contributed by atoms with Crippen LogP contribution < -0.4 is 25.0 Å². The fourth-order valence-electron chi connectivity index (χ4n) is 9.37. The predicted molar refractivity (Wildman–Crippen MR) is 333 cm³/mol. The van der Waals surface area contributed by atoms with Crippen LogP contribution in [0.2, 0.25) is 0 Å². The quantitative estimate of drug-likeness (QED) is 0.0518. The van der Waals surface area contributed by atoms with Gasteiger partial charge in [-0.15, -0.1) is 0 Å². The van der Waals surface area contributed by atoms with Gasteiger partial charge in [-0.2, -0.15) is 0 Å². The lowest BCUT2D eigenvalue weighted by atomic mass is 9.99. The molecule has 0 radical (unpaired) electrons. The van der Waals surface area contributed by atoms with Crippen molar-refractivity contribution in [2.24, 2.45) is 5.73 Å². The number of amides is 2. The van der Waals surface area contributed by atoms with Crippen molar-refractivity contribution < 1.29 is 67.5 Å². The normalized spacial score (nSPS) is 11.3. The van der Waals surface area contributed by atoms with Gasteiger partial charge in [0.2, 0.25) is 20.0 Å². The van der Waals surface area contributed by atoms with Crippen LogP contribution in [0.1, 0.15) is 70.4 Å². The van der Waals surface area contributed by atoms with Crippen LogP contribution in [0.4, 0.5) is 28.9 Å². The van der Waals surface area contributed by atoms with Gasteiger partial charge in [0.05, 0.1) is 46.4 Å². The number of nitrogens with two attached hydrogens (primary N) is 1. The number of carbonyl (C=O) groups excluding carboxylic acids is 3. The second-order valence-electron chi connectivity index (χ2n) is 20.4. The summed E-state index contributed by atoms with van der Waals surface area (Å²) in [6, 6.07) is 35.6. The lowest BCUT2D eigenvalue weighted by Gasteiger charge is -2.20. The highest BCUT2D eigenvalue weighted by Gasteiger charge is 2.29. The van der Waals surface area contributed by atoms with E-state index >= 15 is 0 Å². The highest BCUT2D eigenvalue weighted by Crippen LogP contribution is 2.43. The van der Waals surface area contributed by atoms with Crippen LogP contribution in [-0.4, -0.2) is 96.2 Å². The molecule has 0 aliphatic carbocycles. The van der Waals surface area contributed by atoms with Crippen LogP contribution in [0, 0.1) is 37.1 Å². The highest BCUT2D eigenvalue weighted by atomic mass is 32.2. The molecule has 89 heavy (non-hydrogen) atoms. The number of halogens is 4. The number of pyridine rings is 2. The zero-order chi connectivity index (χ0) is 64.8. The molecule has 0 spiro atoms. The van der Waals surface area contributed by atoms with Crippen molar-refractivity contribution >= 4 is 76.9 Å². The molecule has 0 fully saturated rings. The van der Waals surface area contributed by atoms with E-state index in [1.54, 1.807) is 68.4 Å². The molecule has 0 aliphatic heterocycles. The van der Waals surface area contributed by atoms with E-state index in [9.17, 15) is 58.7 Å². The monoisotopic (exact) mass is 1250 g/mol. The minimum atomic E-state index is -3.76. The van der Waals surface area contributed by atoms with E-state index in [2.05, 4.69) is 20.6 Å². The van der Waals surface area contributed by atoms with Gasteiger partial charge in [-0.25, -0.2) is 49.2 Å². The molecule has 4 aromatic heterocycles. The Balaban J connectivity index is 0.000000204. The average molecular weight is 1250 g/mol. The van der Waals surface area contributed by atoms with Crippen molar-refractivity contribution in [2.75, 3.05) is 49.3 Å². The number of nitrogens with zero attached hydrogens (tertiary/aromatic N) is 4. The molecule has 10 rings (SSSR count). The third-order valence-electron chi connectivity index (χ3n) is 14.3. The van der Waals surface area contributed by atoms with Gasteiger partial charge in [-0.3, -0.25) is 23.0 Å². The van der Waals surface area contributed by atoms with Gasteiger partial charge in [0.1, 0.15) is 51.6 Å². The van der Waals surface area contributed by atoms with E-state index < -0.39 is 49.5 Å². The van der Waals surface area contributed by atoms with Crippen molar-refractivity contribution in [2.45, 2.75) is 33.2 Å². The lowest BCUT2D eigenvalue weighted by Crippen LogP contribution is -2.25. The number of carbonyl (C=O) groups is 4. The van der Waals surface area contributed by atoms with Gasteiger partial charge in [0.15, 0.2) is 11.5 Å². The molecule has 0 saturated heterocycles. The summed E-state index contributed by atoms with van der Waals surface area (Å²) in [6.45, 7) is 3.82. The molecule has 0 atom stereocenters. The summed E-state index contributed by atoms with van der Waals surface area (Å²) < 4.78 is 117. The van der Waals surface area contributed by atoms with Gasteiger partial charge in [0.25, 0.3) is 11.8 Å². The van der Waals surface area contributed by atoms with Crippen LogP contribution in [0.25, 0.3) is 67.1 Å². The number of carboxylic acid groups (broad SMARTS) is 1. The number of carboxylic acids is 1. The van der Waals surface area contributed by atoms with Crippen molar-refractivity contribution in [3.63, 3.8) is 0 Å². The molecule has 460 valence electrons. The van der Waals surface area contributed by atoms with Crippen LogP contribution in [0.5, 0.6) is 0 Å². The molecule has 18 nitrogen and oxygen atoms in total. The minimum Gasteiger partial charge on any atom is -0.477 e. The van der Waals surface area contributed by atoms with Gasteiger partial charge in [-0.1, -0.05) is 36.4 Å². The third kappa shape index (κ3) is 14.7. The van der Waals surface area contributed by atoms with E-state index in [0.29, 0.717) is 57.2 Å². The van der Waals surface area contributed by atoms with E-state index in [1.165, 1.54) is 119 Å². The number of Topliss-reactive ketones (excluding diaryl/α,β-unsaturated/α-hetero) is 1. The Hall–Kier alpha value is -10.0. The number of aromatic carboxylic acids is 1. The summed E-state index contributed by atoms with van der Waals surface area (Å²) in [4.78, 5) is 60.0.